The van der Waals surface area contributed by atoms with Gasteiger partial charge in [0.15, 0.2) is 0 Å². The van der Waals surface area contributed by atoms with Gasteiger partial charge < -0.3 is 15.6 Å². The van der Waals surface area contributed by atoms with Gasteiger partial charge in [-0.2, -0.15) is 16.1 Å². The Hall–Kier alpha value is -0.740. The largest absolute Gasteiger partial charge is 0.356 e. The van der Waals surface area contributed by atoms with Crippen LogP contribution in [-0.2, 0) is 10.0 Å². The van der Waals surface area contributed by atoms with Crippen LogP contribution >= 0.6 is 24.2 Å². The highest BCUT2D eigenvalue weighted by molar-refractivity contribution is 7.99. The Morgan fingerprint density at radius 2 is 2.00 bits per heavy atom. The molecule has 10 heteroatoms. The smallest absolute Gasteiger partial charge is 0.270 e. The summed E-state index contributed by atoms with van der Waals surface area (Å²) in [4.78, 5) is 17.2. The van der Waals surface area contributed by atoms with Gasteiger partial charge in [-0.05, 0) is 18.9 Å². The molecule has 24 heavy (non-hydrogen) atoms. The minimum atomic E-state index is -3.52. The molecule has 2 aliphatic rings. The molecule has 3 N–H and O–H groups in total. The molecular formula is C14H23ClN4O3S2. The third-order valence-corrected chi connectivity index (χ3v) is 7.06. The lowest BCUT2D eigenvalue weighted by Crippen LogP contribution is -2.45. The van der Waals surface area contributed by atoms with Crippen molar-refractivity contribution in [2.24, 2.45) is 5.73 Å². The van der Waals surface area contributed by atoms with E-state index in [4.69, 9.17) is 5.73 Å². The molecule has 0 bridgehead atoms. The number of H-pyrrole nitrogens is 1. The Kier molecular flexibility index (Phi) is 6.60. The maximum absolute atomic E-state index is 12.6. The number of carbonyl (C=O) groups excluding carboxylic acids is 1. The fraction of sp³-hybridized carbons (Fsp3) is 0.643. The van der Waals surface area contributed by atoms with Gasteiger partial charge in [0, 0.05) is 49.9 Å². The van der Waals surface area contributed by atoms with Crippen LogP contribution < -0.4 is 5.73 Å². The van der Waals surface area contributed by atoms with Crippen molar-refractivity contribution in [1.29, 1.82) is 0 Å². The Morgan fingerprint density at radius 3 is 2.67 bits per heavy atom. The zero-order valence-electron chi connectivity index (χ0n) is 13.3. The maximum Gasteiger partial charge on any atom is 0.270 e. The first-order valence-corrected chi connectivity index (χ1v) is 10.4. The van der Waals surface area contributed by atoms with Gasteiger partial charge in [-0.1, -0.05) is 0 Å². The molecule has 1 atom stereocenters. The minimum absolute atomic E-state index is 0. The highest BCUT2D eigenvalue weighted by Gasteiger charge is 2.29. The lowest BCUT2D eigenvalue weighted by molar-refractivity contribution is 0.0703. The van der Waals surface area contributed by atoms with Gasteiger partial charge in [-0.3, -0.25) is 4.79 Å². The molecule has 1 amide bonds. The van der Waals surface area contributed by atoms with E-state index in [-0.39, 0.29) is 29.3 Å². The number of nitrogens with one attached hydrogen (secondary N) is 1. The van der Waals surface area contributed by atoms with Crippen molar-refractivity contribution < 1.29 is 13.2 Å². The number of hydrogen-bond acceptors (Lipinski definition) is 5. The number of aromatic amines is 1. The quantitative estimate of drug-likeness (QED) is 0.787. The van der Waals surface area contributed by atoms with Crippen molar-refractivity contribution in [3.8, 4) is 0 Å². The normalized spacial score (nSPS) is 22.9. The van der Waals surface area contributed by atoms with Gasteiger partial charge in [0.05, 0.1) is 0 Å². The molecule has 3 rings (SSSR count). The van der Waals surface area contributed by atoms with E-state index in [1.807, 2.05) is 0 Å². The number of thioether (sulfide) groups is 1. The van der Waals surface area contributed by atoms with Crippen LogP contribution in [0.4, 0.5) is 0 Å². The van der Waals surface area contributed by atoms with Crippen LogP contribution in [0.5, 0.6) is 0 Å². The molecule has 0 saturated carbocycles. The molecule has 7 nitrogen and oxygen atoms in total. The molecule has 0 radical (unpaired) electrons. The molecule has 3 heterocycles. The highest BCUT2D eigenvalue weighted by Crippen LogP contribution is 2.22. The molecule has 0 spiro atoms. The number of nitrogens with two attached hydrogens (primary N) is 1. The van der Waals surface area contributed by atoms with Gasteiger partial charge in [0.25, 0.3) is 5.91 Å². The SMILES string of the molecule is Cl.NC1CCCN(C(=O)c2cc(S(=O)(=O)N3CCSCC3)c[nH]2)C1. The van der Waals surface area contributed by atoms with Crippen LogP contribution in [-0.4, -0.2) is 72.2 Å². The van der Waals surface area contributed by atoms with Gasteiger partial charge >= 0.3 is 0 Å². The van der Waals surface area contributed by atoms with E-state index < -0.39 is 10.0 Å². The first-order chi connectivity index (χ1) is 11.0. The first kappa shape index (κ1) is 19.6. The van der Waals surface area contributed by atoms with Crippen molar-refractivity contribution in [2.45, 2.75) is 23.8 Å². The number of halogens is 1. The minimum Gasteiger partial charge on any atom is -0.356 e. The average Bonchev–Trinajstić information content (AvgIpc) is 3.06. The number of carbonyl (C=O) groups is 1. The zero-order valence-corrected chi connectivity index (χ0v) is 15.8. The standard InChI is InChI=1S/C14H22N4O3S2.ClH/c15-11-2-1-3-17(10-11)14(19)13-8-12(9-16-13)23(20,21)18-4-6-22-7-5-18;/h8-9,11,16H,1-7,10,15H2;1H. The van der Waals surface area contributed by atoms with E-state index in [1.54, 1.807) is 16.7 Å². The predicted octanol–water partition coefficient (Wildman–Crippen LogP) is 0.737. The highest BCUT2D eigenvalue weighted by atomic mass is 35.5. The fourth-order valence-electron chi connectivity index (χ4n) is 2.95. The average molecular weight is 395 g/mol. The fourth-order valence-corrected chi connectivity index (χ4v) is 5.52. The zero-order chi connectivity index (χ0) is 16.4. The van der Waals surface area contributed by atoms with Crippen LogP contribution in [0, 0.1) is 0 Å². The third-order valence-electron chi connectivity index (χ3n) is 4.24. The first-order valence-electron chi connectivity index (χ1n) is 7.79. The summed E-state index contributed by atoms with van der Waals surface area (Å²) < 4.78 is 26.7. The molecule has 2 fully saturated rings. The van der Waals surface area contributed by atoms with E-state index in [0.717, 1.165) is 24.3 Å². The van der Waals surface area contributed by atoms with Crippen LogP contribution in [0.25, 0.3) is 0 Å². The number of aromatic nitrogens is 1. The van der Waals surface area contributed by atoms with Crippen LogP contribution in [0.1, 0.15) is 23.3 Å². The number of nitrogens with zero attached hydrogens (tertiary/aromatic N) is 2. The van der Waals surface area contributed by atoms with Gasteiger partial charge in [-0.25, -0.2) is 8.42 Å². The van der Waals surface area contributed by atoms with Crippen molar-refractivity contribution in [3.05, 3.63) is 18.0 Å². The van der Waals surface area contributed by atoms with E-state index in [0.29, 0.717) is 31.9 Å². The molecule has 1 aromatic heterocycles. The Morgan fingerprint density at radius 1 is 1.29 bits per heavy atom. The monoisotopic (exact) mass is 394 g/mol. The number of likely N-dealkylation sites (tertiary alicyclic amines) is 1. The molecule has 1 aromatic rings. The number of rotatable bonds is 3. The van der Waals surface area contributed by atoms with E-state index in [9.17, 15) is 13.2 Å². The summed E-state index contributed by atoms with van der Waals surface area (Å²) in [6, 6.07) is 1.44. The topological polar surface area (TPSA) is 99.5 Å². The second-order valence-electron chi connectivity index (χ2n) is 5.92. The molecule has 0 aromatic carbocycles. The summed E-state index contributed by atoms with van der Waals surface area (Å²) in [5.41, 5.74) is 6.21. The molecule has 136 valence electrons. The summed E-state index contributed by atoms with van der Waals surface area (Å²) >= 11 is 1.75. The van der Waals surface area contributed by atoms with E-state index in [2.05, 4.69) is 4.98 Å². The lowest BCUT2D eigenvalue weighted by atomic mass is 10.1. The predicted molar refractivity (Wildman–Crippen MR) is 97.2 cm³/mol. The van der Waals surface area contributed by atoms with Crippen molar-refractivity contribution >= 4 is 40.1 Å². The van der Waals surface area contributed by atoms with Crippen LogP contribution in [0.2, 0.25) is 0 Å². The van der Waals surface area contributed by atoms with Crippen molar-refractivity contribution in [1.82, 2.24) is 14.2 Å². The van der Waals surface area contributed by atoms with Crippen molar-refractivity contribution in [3.63, 3.8) is 0 Å². The van der Waals surface area contributed by atoms with E-state index in [1.165, 1.54) is 16.6 Å². The molecule has 0 aliphatic carbocycles. The summed E-state index contributed by atoms with van der Waals surface area (Å²) in [7, 11) is -3.52. The van der Waals surface area contributed by atoms with Gasteiger partial charge in [0.1, 0.15) is 10.6 Å². The van der Waals surface area contributed by atoms with Gasteiger partial charge in [-0.15, -0.1) is 12.4 Å². The summed E-state index contributed by atoms with van der Waals surface area (Å²) in [6.45, 7) is 2.21. The molecular weight excluding hydrogens is 372 g/mol. The number of piperidine rings is 1. The van der Waals surface area contributed by atoms with Gasteiger partial charge in [0.2, 0.25) is 10.0 Å². The van der Waals surface area contributed by atoms with Crippen LogP contribution in [0.3, 0.4) is 0 Å². The number of sulfonamides is 1. The molecule has 1 unspecified atom stereocenters. The van der Waals surface area contributed by atoms with Crippen LogP contribution in [0.15, 0.2) is 17.2 Å². The second kappa shape index (κ2) is 8.09. The summed E-state index contributed by atoms with van der Waals surface area (Å²) in [5, 5.41) is 0. The number of amides is 1. The Bertz CT molecular complexity index is 673. The van der Waals surface area contributed by atoms with Crippen molar-refractivity contribution in [2.75, 3.05) is 37.7 Å². The molecule has 2 aliphatic heterocycles. The maximum atomic E-state index is 12.6. The Balaban J connectivity index is 0.00000208. The molecule has 2 saturated heterocycles. The summed E-state index contributed by atoms with van der Waals surface area (Å²) in [5.74, 6) is 1.43. The Labute approximate surface area is 152 Å². The lowest BCUT2D eigenvalue weighted by Gasteiger charge is -2.30. The number of hydrogen-bond donors (Lipinski definition) is 2. The third kappa shape index (κ3) is 4.08. The second-order valence-corrected chi connectivity index (χ2v) is 9.08. The van der Waals surface area contributed by atoms with E-state index >= 15 is 0 Å². The summed E-state index contributed by atoms with van der Waals surface area (Å²) in [6.07, 6.45) is 3.21.